The average molecular weight is 323 g/mol. The number of hydrogen-bond acceptors (Lipinski definition) is 0. The predicted molar refractivity (Wildman–Crippen MR) is 81.6 cm³/mol. The maximum atomic E-state index is 6.83. The first-order chi connectivity index (χ1) is 7.20. The Labute approximate surface area is 113 Å². The summed E-state index contributed by atoms with van der Waals surface area (Å²) in [5.41, 5.74) is 2.57. The van der Waals surface area contributed by atoms with Crippen LogP contribution in [0.1, 0.15) is 38.3 Å². The average Bonchev–Trinajstić information content (AvgIpc) is 2.16. The topological polar surface area (TPSA) is 0 Å². The van der Waals surface area contributed by atoms with E-state index in [2.05, 4.69) is 68.3 Å². The minimum Gasteiger partial charge on any atom is -0.0613 e. The summed E-state index contributed by atoms with van der Waals surface area (Å²) in [6.07, 6.45) is 1.07. The monoisotopic (exact) mass is 321 g/mol. The second-order valence-electron chi connectivity index (χ2n) is 5.03. The minimum absolute atomic E-state index is 0.120. The number of halogens is 2. The Hall–Kier alpha value is 0.420. The van der Waals surface area contributed by atoms with Crippen LogP contribution in [0.4, 0.5) is 0 Å². The summed E-state index contributed by atoms with van der Waals surface area (Å²) >= 11 is 10.6. The van der Waals surface area contributed by atoms with Gasteiger partial charge in [0.2, 0.25) is 5.32 Å². The zero-order valence-electron chi connectivity index (χ0n) is 10.6. The highest BCUT2D eigenvalue weighted by atomic mass is 79.9. The summed E-state index contributed by atoms with van der Waals surface area (Å²) in [5.74, 6) is 0. The quantitative estimate of drug-likeness (QED) is 0.636. The van der Waals surface area contributed by atoms with Crippen molar-refractivity contribution in [3.63, 3.8) is 0 Å². The summed E-state index contributed by atoms with van der Waals surface area (Å²) in [4.78, 5) is 0. The van der Waals surface area contributed by atoms with Crippen LogP contribution in [-0.2, 0) is 0 Å². The first-order valence-corrected chi connectivity index (χ1v) is 10.3. The van der Waals surface area contributed by atoms with Gasteiger partial charge in [0.05, 0.1) is 0 Å². The van der Waals surface area contributed by atoms with Gasteiger partial charge in [-0.05, 0) is 57.4 Å². The molecule has 1 atom stereocenters. The largest absolute Gasteiger partial charge is 0.219 e. The van der Waals surface area contributed by atoms with Gasteiger partial charge in [-0.1, -0.05) is 13.0 Å². The Balaban J connectivity index is 3.26. The fourth-order valence-corrected chi connectivity index (χ4v) is 5.51. The second-order valence-corrected chi connectivity index (χ2v) is 13.7. The molecule has 0 spiro atoms. The van der Waals surface area contributed by atoms with Gasteiger partial charge in [-0.15, -0.1) is 0 Å². The normalized spacial score (nSPS) is 15.9. The van der Waals surface area contributed by atoms with Crippen molar-refractivity contribution in [1.29, 1.82) is 0 Å². The zero-order valence-corrected chi connectivity index (χ0v) is 13.9. The Morgan fingerprint density at radius 2 is 1.62 bits per heavy atom. The Kier molecular flexibility index (Phi) is 4.49. The molecule has 0 bridgehead atoms. The van der Waals surface area contributed by atoms with Crippen molar-refractivity contribution in [3.8, 4) is 0 Å². The van der Waals surface area contributed by atoms with E-state index in [1.165, 1.54) is 16.4 Å². The molecular formula is C13H20BrClP+. The Morgan fingerprint density at radius 1 is 1.19 bits per heavy atom. The lowest BCUT2D eigenvalue weighted by molar-refractivity contribution is 0.677. The van der Waals surface area contributed by atoms with Crippen LogP contribution in [-0.4, -0.2) is 5.16 Å². The van der Waals surface area contributed by atoms with Gasteiger partial charge in [0.15, 0.2) is 15.5 Å². The third kappa shape index (κ3) is 2.81. The molecule has 0 heterocycles. The molecule has 0 nitrogen and oxygen atoms in total. The van der Waals surface area contributed by atoms with Crippen LogP contribution in [0.2, 0.25) is 0 Å². The van der Waals surface area contributed by atoms with E-state index in [9.17, 15) is 0 Å². The number of rotatable bonds is 3. The number of hydrogen-bond donors (Lipinski definition) is 0. The van der Waals surface area contributed by atoms with Gasteiger partial charge < -0.3 is 0 Å². The molecule has 3 heteroatoms. The smallest absolute Gasteiger partial charge is 0.0613 e. The molecule has 1 aromatic carbocycles. The fraction of sp³-hybridized carbons (Fsp3) is 0.538. The van der Waals surface area contributed by atoms with Crippen molar-refractivity contribution < 1.29 is 0 Å². The molecule has 16 heavy (non-hydrogen) atoms. The highest BCUT2D eigenvalue weighted by Gasteiger charge is 2.51. The molecule has 0 saturated heterocycles. The van der Waals surface area contributed by atoms with E-state index in [0.29, 0.717) is 0 Å². The van der Waals surface area contributed by atoms with Gasteiger partial charge in [0.25, 0.3) is 0 Å². The van der Waals surface area contributed by atoms with Gasteiger partial charge in [-0.25, -0.2) is 0 Å². The molecule has 1 aromatic rings. The van der Waals surface area contributed by atoms with Crippen LogP contribution in [0, 0.1) is 13.8 Å². The predicted octanol–water partition coefficient (Wildman–Crippen LogP) is 5.60. The van der Waals surface area contributed by atoms with Gasteiger partial charge in [0.1, 0.15) is 21.7 Å². The van der Waals surface area contributed by atoms with E-state index in [1.807, 2.05) is 0 Å². The molecule has 0 fully saturated rings. The van der Waals surface area contributed by atoms with Gasteiger partial charge in [-0.2, -0.15) is 0 Å². The molecule has 0 saturated carbocycles. The fourth-order valence-electron chi connectivity index (χ4n) is 1.66. The maximum Gasteiger partial charge on any atom is 0.219 e. The van der Waals surface area contributed by atoms with E-state index in [4.69, 9.17) is 11.2 Å². The van der Waals surface area contributed by atoms with E-state index in [1.54, 1.807) is 0 Å². The van der Waals surface area contributed by atoms with E-state index < -0.39 is 5.32 Å². The SMILES string of the molecule is CCC(C)(C)[P+](Cl)(Br)c1cc(C)cc(C)c1. The molecule has 90 valence electrons. The highest BCUT2D eigenvalue weighted by Crippen LogP contribution is 2.79. The molecule has 0 aromatic heterocycles. The van der Waals surface area contributed by atoms with Crippen molar-refractivity contribution in [2.24, 2.45) is 0 Å². The van der Waals surface area contributed by atoms with Crippen LogP contribution < -0.4 is 5.30 Å². The summed E-state index contributed by atoms with van der Waals surface area (Å²) < 4.78 is 0. The molecular weight excluding hydrogens is 302 g/mol. The summed E-state index contributed by atoms with van der Waals surface area (Å²) in [5, 5.41) is -0.385. The molecule has 0 aliphatic heterocycles. The van der Waals surface area contributed by atoms with Crippen molar-refractivity contribution in [2.45, 2.75) is 46.2 Å². The highest BCUT2D eigenvalue weighted by molar-refractivity contribution is 9.45. The third-order valence-electron chi connectivity index (χ3n) is 3.16. The van der Waals surface area contributed by atoms with E-state index >= 15 is 0 Å². The number of aryl methyl sites for hydroxylation is 2. The first kappa shape index (κ1) is 14.5. The first-order valence-electron chi connectivity index (χ1n) is 5.58. The molecule has 1 unspecified atom stereocenters. The van der Waals surface area contributed by atoms with Crippen LogP contribution in [0.3, 0.4) is 0 Å². The van der Waals surface area contributed by atoms with Crippen LogP contribution >= 0.6 is 32.0 Å². The molecule has 0 aliphatic carbocycles. The van der Waals surface area contributed by atoms with Crippen LogP contribution in [0.15, 0.2) is 18.2 Å². The van der Waals surface area contributed by atoms with E-state index in [0.717, 1.165) is 6.42 Å². The minimum atomic E-state index is -1.77. The lowest BCUT2D eigenvalue weighted by Crippen LogP contribution is -2.24. The van der Waals surface area contributed by atoms with Crippen molar-refractivity contribution in [1.82, 2.24) is 0 Å². The zero-order chi connectivity index (χ0) is 12.6. The molecule has 0 aliphatic rings. The van der Waals surface area contributed by atoms with Gasteiger partial charge in [-0.3, -0.25) is 0 Å². The summed E-state index contributed by atoms with van der Waals surface area (Å²) in [7, 11) is 0. The van der Waals surface area contributed by atoms with Gasteiger partial charge in [0, 0.05) is 0 Å². The standard InChI is InChI=1S/C13H20BrClP/c1-6-13(4,5)16(14,15)12-8-10(2)7-11(3)9-12/h7-9H,6H2,1-5H3/q+1. The Bertz CT molecular complexity index is 365. The molecule has 0 amide bonds. The van der Waals surface area contributed by atoms with Crippen molar-refractivity contribution in [3.05, 3.63) is 29.3 Å². The summed E-state index contributed by atoms with van der Waals surface area (Å²) in [6.45, 7) is 10.9. The third-order valence-corrected chi connectivity index (χ3v) is 12.0. The molecule has 0 radical (unpaired) electrons. The maximum absolute atomic E-state index is 6.83. The lowest BCUT2D eigenvalue weighted by Gasteiger charge is -2.28. The van der Waals surface area contributed by atoms with E-state index in [-0.39, 0.29) is 5.16 Å². The second kappa shape index (κ2) is 4.96. The molecule has 0 N–H and O–H groups in total. The summed E-state index contributed by atoms with van der Waals surface area (Å²) in [6, 6.07) is 6.60. The lowest BCUT2D eigenvalue weighted by atomic mass is 10.1. The van der Waals surface area contributed by atoms with Crippen LogP contribution in [0.25, 0.3) is 0 Å². The van der Waals surface area contributed by atoms with Gasteiger partial charge >= 0.3 is 0 Å². The Morgan fingerprint density at radius 3 is 2.00 bits per heavy atom. The molecule has 1 rings (SSSR count). The van der Waals surface area contributed by atoms with Crippen molar-refractivity contribution >= 4 is 37.4 Å². The van der Waals surface area contributed by atoms with Crippen molar-refractivity contribution in [2.75, 3.05) is 0 Å². The van der Waals surface area contributed by atoms with Crippen LogP contribution in [0.5, 0.6) is 0 Å². The number of benzene rings is 1.